The lowest BCUT2D eigenvalue weighted by Crippen LogP contribution is -2.30. The summed E-state index contributed by atoms with van der Waals surface area (Å²) in [6, 6.07) is 3.85. The number of pyridine rings is 1. The summed E-state index contributed by atoms with van der Waals surface area (Å²) in [6.45, 7) is 4.01. The van der Waals surface area contributed by atoms with Gasteiger partial charge in [-0.1, -0.05) is 0 Å². The molecule has 0 bridgehead atoms. The van der Waals surface area contributed by atoms with Crippen LogP contribution in [0.1, 0.15) is 26.2 Å². The highest BCUT2D eigenvalue weighted by molar-refractivity contribution is 7.90. The molecule has 1 aliphatic heterocycles. The SMILES string of the molecule is CC(CS(C)(=O)=O)Nc1ccc(N2CCCCC2)nc1. The van der Waals surface area contributed by atoms with Gasteiger partial charge in [-0.3, -0.25) is 0 Å². The van der Waals surface area contributed by atoms with Gasteiger partial charge in [0.1, 0.15) is 15.7 Å². The van der Waals surface area contributed by atoms with Gasteiger partial charge < -0.3 is 10.2 Å². The van der Waals surface area contributed by atoms with E-state index in [1.54, 1.807) is 6.20 Å². The summed E-state index contributed by atoms with van der Waals surface area (Å²) >= 11 is 0. The number of rotatable bonds is 5. The Kier molecular flexibility index (Phi) is 4.86. The van der Waals surface area contributed by atoms with E-state index in [-0.39, 0.29) is 11.8 Å². The van der Waals surface area contributed by atoms with Gasteiger partial charge in [0.05, 0.1) is 17.6 Å². The Bertz CT molecular complexity index is 522. The van der Waals surface area contributed by atoms with Crippen LogP contribution in [-0.4, -0.2) is 44.5 Å². The van der Waals surface area contributed by atoms with E-state index in [1.165, 1.54) is 25.5 Å². The van der Waals surface area contributed by atoms with Gasteiger partial charge in [-0.25, -0.2) is 13.4 Å². The van der Waals surface area contributed by atoms with Gasteiger partial charge in [0, 0.05) is 25.4 Å². The number of sulfone groups is 1. The molecule has 1 saturated heterocycles. The fourth-order valence-electron chi connectivity index (χ4n) is 2.56. The molecule has 1 atom stereocenters. The van der Waals surface area contributed by atoms with E-state index >= 15 is 0 Å². The van der Waals surface area contributed by atoms with Crippen LogP contribution >= 0.6 is 0 Å². The lowest BCUT2D eigenvalue weighted by Gasteiger charge is -2.27. The molecule has 1 fully saturated rings. The fourth-order valence-corrected chi connectivity index (χ4v) is 3.55. The highest BCUT2D eigenvalue weighted by Crippen LogP contribution is 2.19. The maximum Gasteiger partial charge on any atom is 0.149 e. The predicted molar refractivity (Wildman–Crippen MR) is 83.1 cm³/mol. The minimum Gasteiger partial charge on any atom is -0.380 e. The van der Waals surface area contributed by atoms with Crippen molar-refractivity contribution in [3.63, 3.8) is 0 Å². The van der Waals surface area contributed by atoms with Gasteiger partial charge in [-0.2, -0.15) is 0 Å². The third kappa shape index (κ3) is 4.67. The Labute approximate surface area is 121 Å². The van der Waals surface area contributed by atoms with Gasteiger partial charge in [-0.15, -0.1) is 0 Å². The van der Waals surface area contributed by atoms with E-state index in [9.17, 15) is 8.42 Å². The van der Waals surface area contributed by atoms with Crippen molar-refractivity contribution in [2.45, 2.75) is 32.2 Å². The highest BCUT2D eigenvalue weighted by atomic mass is 32.2. The van der Waals surface area contributed by atoms with Crippen LogP contribution in [0.2, 0.25) is 0 Å². The topological polar surface area (TPSA) is 62.3 Å². The second kappa shape index (κ2) is 6.43. The number of aromatic nitrogens is 1. The average molecular weight is 297 g/mol. The van der Waals surface area contributed by atoms with Crippen molar-refractivity contribution in [2.24, 2.45) is 0 Å². The minimum atomic E-state index is -2.96. The first-order chi connectivity index (χ1) is 9.44. The van der Waals surface area contributed by atoms with Crippen molar-refractivity contribution < 1.29 is 8.42 Å². The zero-order chi connectivity index (χ0) is 14.6. The van der Waals surface area contributed by atoms with E-state index in [2.05, 4.69) is 15.2 Å². The van der Waals surface area contributed by atoms with Crippen LogP contribution in [0.15, 0.2) is 18.3 Å². The molecule has 0 aromatic carbocycles. The summed E-state index contributed by atoms with van der Waals surface area (Å²) in [7, 11) is -2.96. The highest BCUT2D eigenvalue weighted by Gasteiger charge is 2.13. The zero-order valence-corrected chi connectivity index (χ0v) is 13.0. The molecule has 0 radical (unpaired) electrons. The molecular weight excluding hydrogens is 274 g/mol. The minimum absolute atomic E-state index is 0.118. The molecule has 112 valence electrons. The van der Waals surface area contributed by atoms with Crippen molar-refractivity contribution in [3.8, 4) is 0 Å². The molecule has 1 aromatic rings. The molecule has 2 heterocycles. The maximum absolute atomic E-state index is 11.2. The lowest BCUT2D eigenvalue weighted by molar-refractivity contribution is 0.573. The quantitative estimate of drug-likeness (QED) is 0.899. The van der Waals surface area contributed by atoms with Crippen LogP contribution in [0.25, 0.3) is 0 Å². The smallest absolute Gasteiger partial charge is 0.149 e. The molecule has 1 N–H and O–H groups in total. The van der Waals surface area contributed by atoms with Crippen molar-refractivity contribution >= 4 is 21.3 Å². The molecule has 2 rings (SSSR count). The van der Waals surface area contributed by atoms with Gasteiger partial charge >= 0.3 is 0 Å². The third-order valence-electron chi connectivity index (χ3n) is 3.39. The Hall–Kier alpha value is -1.30. The number of hydrogen-bond donors (Lipinski definition) is 1. The summed E-state index contributed by atoms with van der Waals surface area (Å²) in [5.41, 5.74) is 0.863. The van der Waals surface area contributed by atoms with E-state index in [0.29, 0.717) is 0 Å². The van der Waals surface area contributed by atoms with Crippen molar-refractivity contribution in [1.29, 1.82) is 0 Å². The molecule has 6 heteroatoms. The molecule has 1 aromatic heterocycles. The normalized spacial score (nSPS) is 17.8. The van der Waals surface area contributed by atoms with E-state index in [1.807, 2.05) is 19.1 Å². The van der Waals surface area contributed by atoms with Crippen molar-refractivity contribution in [1.82, 2.24) is 4.98 Å². The average Bonchev–Trinajstić information content (AvgIpc) is 2.38. The second-order valence-electron chi connectivity index (χ2n) is 5.59. The lowest BCUT2D eigenvalue weighted by atomic mass is 10.1. The molecule has 1 unspecified atom stereocenters. The molecule has 0 aliphatic carbocycles. The first-order valence-electron chi connectivity index (χ1n) is 7.09. The van der Waals surface area contributed by atoms with E-state index < -0.39 is 9.84 Å². The number of nitrogens with one attached hydrogen (secondary N) is 1. The molecule has 20 heavy (non-hydrogen) atoms. The summed E-state index contributed by atoms with van der Waals surface area (Å²) in [5.74, 6) is 1.13. The second-order valence-corrected chi connectivity index (χ2v) is 7.78. The Morgan fingerprint density at radius 1 is 1.30 bits per heavy atom. The monoisotopic (exact) mass is 297 g/mol. The summed E-state index contributed by atoms with van der Waals surface area (Å²) in [4.78, 5) is 6.76. The van der Waals surface area contributed by atoms with Crippen LogP contribution in [0.5, 0.6) is 0 Å². The molecule has 5 nitrogen and oxygen atoms in total. The molecule has 0 spiro atoms. The largest absolute Gasteiger partial charge is 0.380 e. The summed E-state index contributed by atoms with van der Waals surface area (Å²) in [6.07, 6.45) is 6.80. The van der Waals surface area contributed by atoms with Crippen LogP contribution in [0.4, 0.5) is 11.5 Å². The predicted octanol–water partition coefficient (Wildman–Crippen LogP) is 1.92. The summed E-state index contributed by atoms with van der Waals surface area (Å²) < 4.78 is 22.5. The molecule has 1 aliphatic rings. The van der Waals surface area contributed by atoms with Gasteiger partial charge in [0.2, 0.25) is 0 Å². The number of piperidine rings is 1. The molecule has 0 saturated carbocycles. The third-order valence-corrected chi connectivity index (χ3v) is 4.50. The standard InChI is InChI=1S/C14H23N3O2S/c1-12(11-20(2,18)19)16-13-6-7-14(15-10-13)17-8-4-3-5-9-17/h6-7,10,12,16H,3-5,8-9,11H2,1-2H3. The number of nitrogens with zero attached hydrogens (tertiary/aromatic N) is 2. The Morgan fingerprint density at radius 3 is 2.55 bits per heavy atom. The Morgan fingerprint density at radius 2 is 2.00 bits per heavy atom. The van der Waals surface area contributed by atoms with Crippen LogP contribution in [-0.2, 0) is 9.84 Å². The van der Waals surface area contributed by atoms with Crippen LogP contribution in [0, 0.1) is 0 Å². The van der Waals surface area contributed by atoms with E-state index in [0.717, 1.165) is 24.6 Å². The number of anilines is 2. The fraction of sp³-hybridized carbons (Fsp3) is 0.643. The van der Waals surface area contributed by atoms with Gasteiger partial charge in [0.15, 0.2) is 0 Å². The molecule has 0 amide bonds. The molecular formula is C14H23N3O2S. The Balaban J connectivity index is 1.94. The zero-order valence-electron chi connectivity index (χ0n) is 12.2. The summed E-state index contributed by atoms with van der Waals surface area (Å²) in [5, 5.41) is 3.17. The van der Waals surface area contributed by atoms with E-state index in [4.69, 9.17) is 0 Å². The first kappa shape index (κ1) is 15.1. The van der Waals surface area contributed by atoms with Gasteiger partial charge in [0.25, 0.3) is 0 Å². The van der Waals surface area contributed by atoms with Crippen LogP contribution in [0.3, 0.4) is 0 Å². The van der Waals surface area contributed by atoms with Gasteiger partial charge in [-0.05, 0) is 38.3 Å². The van der Waals surface area contributed by atoms with Crippen molar-refractivity contribution in [3.05, 3.63) is 18.3 Å². The number of hydrogen-bond acceptors (Lipinski definition) is 5. The first-order valence-corrected chi connectivity index (χ1v) is 9.15. The maximum atomic E-state index is 11.2. The van der Waals surface area contributed by atoms with Crippen LogP contribution < -0.4 is 10.2 Å². The van der Waals surface area contributed by atoms with Crippen molar-refractivity contribution in [2.75, 3.05) is 35.3 Å².